The van der Waals surface area contributed by atoms with Crippen molar-refractivity contribution in [2.24, 2.45) is 0 Å². The van der Waals surface area contributed by atoms with E-state index in [0.29, 0.717) is 13.0 Å². The molecule has 4 heteroatoms. The van der Waals surface area contributed by atoms with E-state index in [4.69, 9.17) is 4.74 Å². The second-order valence-electron chi connectivity index (χ2n) is 4.34. The second kappa shape index (κ2) is 7.28. The van der Waals surface area contributed by atoms with E-state index in [2.05, 4.69) is 10.3 Å². The first-order valence-corrected chi connectivity index (χ1v) is 6.67. The molecule has 0 aliphatic carbocycles. The number of nitrogens with zero attached hydrogens (tertiary/aromatic N) is 1. The average Bonchev–Trinajstić information content (AvgIpc) is 2.49. The number of benzene rings is 1. The fraction of sp³-hybridized carbons (Fsp3) is 0.250. The van der Waals surface area contributed by atoms with Gasteiger partial charge in [-0.05, 0) is 31.2 Å². The highest BCUT2D eigenvalue weighted by molar-refractivity contribution is 5.79. The highest BCUT2D eigenvalue weighted by atomic mass is 16.5. The van der Waals surface area contributed by atoms with Crippen molar-refractivity contribution in [3.05, 3.63) is 60.4 Å². The first-order chi connectivity index (χ1) is 9.79. The molecule has 0 saturated heterocycles. The normalized spacial score (nSPS) is 11.7. The number of hydrogen-bond donors (Lipinski definition) is 1. The third kappa shape index (κ3) is 4.09. The van der Waals surface area contributed by atoms with Crippen LogP contribution in [0.25, 0.3) is 0 Å². The van der Waals surface area contributed by atoms with Gasteiger partial charge in [-0.25, -0.2) is 4.79 Å². The zero-order chi connectivity index (χ0) is 14.2. The van der Waals surface area contributed by atoms with Crippen molar-refractivity contribution in [2.45, 2.75) is 19.4 Å². The predicted molar refractivity (Wildman–Crippen MR) is 78.4 cm³/mol. The molecule has 1 atom stereocenters. The molecular weight excluding hydrogens is 252 g/mol. The van der Waals surface area contributed by atoms with Crippen LogP contribution in [0.5, 0.6) is 0 Å². The second-order valence-corrected chi connectivity index (χ2v) is 4.34. The van der Waals surface area contributed by atoms with Gasteiger partial charge in [0.25, 0.3) is 0 Å². The number of carbonyl (C=O) groups excluding carboxylic acids is 1. The number of ether oxygens (including phenoxy) is 1. The van der Waals surface area contributed by atoms with E-state index in [1.165, 1.54) is 0 Å². The summed E-state index contributed by atoms with van der Waals surface area (Å²) < 4.78 is 5.12. The van der Waals surface area contributed by atoms with E-state index in [9.17, 15) is 4.79 Å². The summed E-state index contributed by atoms with van der Waals surface area (Å²) in [5.41, 5.74) is 1.75. The molecular formula is C16H18N2O2. The van der Waals surface area contributed by atoms with Crippen LogP contribution in [0.4, 0.5) is 5.69 Å². The Kier molecular flexibility index (Phi) is 5.12. The Hall–Kier alpha value is -2.36. The summed E-state index contributed by atoms with van der Waals surface area (Å²) in [5, 5.41) is 3.20. The van der Waals surface area contributed by atoms with Crippen LogP contribution in [0.2, 0.25) is 0 Å². The molecule has 1 N–H and O–H groups in total. The molecule has 0 aliphatic heterocycles. The molecule has 0 bridgehead atoms. The topological polar surface area (TPSA) is 51.2 Å². The van der Waals surface area contributed by atoms with Gasteiger partial charge in [0.2, 0.25) is 0 Å². The zero-order valence-corrected chi connectivity index (χ0v) is 11.5. The third-order valence-electron chi connectivity index (χ3n) is 2.83. The molecule has 0 fully saturated rings. The molecule has 0 saturated carbocycles. The summed E-state index contributed by atoms with van der Waals surface area (Å²) in [7, 11) is 0. The number of hydrogen-bond acceptors (Lipinski definition) is 4. The molecule has 0 aliphatic rings. The summed E-state index contributed by atoms with van der Waals surface area (Å²) >= 11 is 0. The van der Waals surface area contributed by atoms with E-state index >= 15 is 0 Å². The van der Waals surface area contributed by atoms with Crippen molar-refractivity contribution in [1.82, 2.24) is 4.98 Å². The molecule has 1 aromatic heterocycles. The lowest BCUT2D eigenvalue weighted by atomic mass is 10.1. The molecule has 4 nitrogen and oxygen atoms in total. The van der Waals surface area contributed by atoms with Gasteiger partial charge in [0.15, 0.2) is 0 Å². The number of esters is 1. The summed E-state index contributed by atoms with van der Waals surface area (Å²) in [6.07, 6.45) is 2.22. The van der Waals surface area contributed by atoms with Crippen LogP contribution in [0.1, 0.15) is 12.6 Å². The summed E-state index contributed by atoms with van der Waals surface area (Å²) in [5.74, 6) is -0.262. The molecule has 2 aromatic rings. The molecule has 0 spiro atoms. The number of carbonyl (C=O) groups is 1. The lowest BCUT2D eigenvalue weighted by Crippen LogP contribution is -2.33. The predicted octanol–water partition coefficient (Wildman–Crippen LogP) is 2.67. The minimum Gasteiger partial charge on any atom is -0.464 e. The summed E-state index contributed by atoms with van der Waals surface area (Å²) in [4.78, 5) is 16.3. The van der Waals surface area contributed by atoms with Crippen molar-refractivity contribution in [2.75, 3.05) is 11.9 Å². The highest BCUT2D eigenvalue weighted by Crippen LogP contribution is 2.11. The van der Waals surface area contributed by atoms with Gasteiger partial charge in [-0.15, -0.1) is 0 Å². The number of aromatic nitrogens is 1. The van der Waals surface area contributed by atoms with Gasteiger partial charge in [-0.1, -0.05) is 24.3 Å². The minimum absolute atomic E-state index is 0.262. The molecule has 2 rings (SSSR count). The first kappa shape index (κ1) is 14.1. The van der Waals surface area contributed by atoms with Crippen LogP contribution in [0, 0.1) is 0 Å². The smallest absolute Gasteiger partial charge is 0.328 e. The molecule has 0 radical (unpaired) electrons. The van der Waals surface area contributed by atoms with Crippen molar-refractivity contribution >= 4 is 11.7 Å². The monoisotopic (exact) mass is 270 g/mol. The summed E-state index contributed by atoms with van der Waals surface area (Å²) in [6, 6.07) is 14.8. The van der Waals surface area contributed by atoms with Crippen molar-refractivity contribution < 1.29 is 9.53 Å². The van der Waals surface area contributed by atoms with Crippen molar-refractivity contribution in [3.8, 4) is 0 Å². The number of anilines is 1. The maximum absolute atomic E-state index is 12.0. The van der Waals surface area contributed by atoms with Crippen LogP contribution in [-0.2, 0) is 16.0 Å². The number of para-hydroxylation sites is 1. The maximum atomic E-state index is 12.0. The average molecular weight is 270 g/mol. The van der Waals surface area contributed by atoms with Gasteiger partial charge >= 0.3 is 5.97 Å². The fourth-order valence-corrected chi connectivity index (χ4v) is 1.90. The van der Waals surface area contributed by atoms with Crippen molar-refractivity contribution in [1.29, 1.82) is 0 Å². The van der Waals surface area contributed by atoms with E-state index in [1.807, 2.05) is 48.5 Å². The van der Waals surface area contributed by atoms with Gasteiger partial charge < -0.3 is 10.1 Å². The molecule has 20 heavy (non-hydrogen) atoms. The Morgan fingerprint density at radius 3 is 2.60 bits per heavy atom. The minimum atomic E-state index is -0.438. The standard InChI is InChI=1S/C16H18N2O2/c1-2-20-16(19)15(12-14-10-6-7-11-17-14)18-13-8-4-3-5-9-13/h3-11,15,18H,2,12H2,1H3/t15-/m1/s1. The van der Waals surface area contributed by atoms with Crippen LogP contribution in [0.3, 0.4) is 0 Å². The maximum Gasteiger partial charge on any atom is 0.328 e. The van der Waals surface area contributed by atoms with E-state index in [0.717, 1.165) is 11.4 Å². The van der Waals surface area contributed by atoms with Gasteiger partial charge in [-0.2, -0.15) is 0 Å². The fourth-order valence-electron chi connectivity index (χ4n) is 1.90. The Morgan fingerprint density at radius 2 is 1.95 bits per heavy atom. The Labute approximate surface area is 118 Å². The third-order valence-corrected chi connectivity index (χ3v) is 2.83. The van der Waals surface area contributed by atoms with E-state index < -0.39 is 6.04 Å². The number of rotatable bonds is 6. The molecule has 104 valence electrons. The van der Waals surface area contributed by atoms with Crippen molar-refractivity contribution in [3.63, 3.8) is 0 Å². The Bertz CT molecular complexity index is 487. The Balaban J connectivity index is 2.10. The van der Waals surface area contributed by atoms with Crippen LogP contribution < -0.4 is 5.32 Å². The van der Waals surface area contributed by atoms with Gasteiger partial charge in [0.1, 0.15) is 6.04 Å². The SMILES string of the molecule is CCOC(=O)[C@@H](Cc1ccccn1)Nc1ccccc1. The van der Waals surface area contributed by atoms with E-state index in [1.54, 1.807) is 13.1 Å². The van der Waals surface area contributed by atoms with Crippen LogP contribution in [-0.4, -0.2) is 23.6 Å². The molecule has 0 amide bonds. The largest absolute Gasteiger partial charge is 0.464 e. The Morgan fingerprint density at radius 1 is 1.20 bits per heavy atom. The number of pyridine rings is 1. The van der Waals surface area contributed by atoms with Gasteiger partial charge in [0, 0.05) is 24.0 Å². The molecule has 0 unspecified atom stereocenters. The summed E-state index contributed by atoms with van der Waals surface area (Å²) in [6.45, 7) is 2.17. The van der Waals surface area contributed by atoms with Gasteiger partial charge in [0.05, 0.1) is 6.61 Å². The van der Waals surface area contributed by atoms with Crippen LogP contribution >= 0.6 is 0 Å². The number of nitrogens with one attached hydrogen (secondary N) is 1. The van der Waals surface area contributed by atoms with Gasteiger partial charge in [-0.3, -0.25) is 4.98 Å². The zero-order valence-electron chi connectivity index (χ0n) is 11.5. The lowest BCUT2D eigenvalue weighted by Gasteiger charge is -2.18. The lowest BCUT2D eigenvalue weighted by molar-refractivity contribution is -0.144. The highest BCUT2D eigenvalue weighted by Gasteiger charge is 2.20. The molecule has 1 aromatic carbocycles. The quantitative estimate of drug-likeness (QED) is 0.820. The first-order valence-electron chi connectivity index (χ1n) is 6.67. The van der Waals surface area contributed by atoms with E-state index in [-0.39, 0.29) is 5.97 Å². The molecule has 1 heterocycles. The van der Waals surface area contributed by atoms with Crippen LogP contribution in [0.15, 0.2) is 54.7 Å².